The van der Waals surface area contributed by atoms with Crippen molar-refractivity contribution in [2.75, 3.05) is 13.7 Å². The van der Waals surface area contributed by atoms with Crippen molar-refractivity contribution in [1.82, 2.24) is 10.3 Å². The number of carbonyl (C=O) groups is 2. The number of amides is 1. The first-order valence-electron chi connectivity index (χ1n) is 9.26. The molecule has 6 heteroatoms. The van der Waals surface area contributed by atoms with Gasteiger partial charge in [0.1, 0.15) is 12.4 Å². The zero-order chi connectivity index (χ0) is 19.8. The third-order valence-corrected chi connectivity index (χ3v) is 4.50. The van der Waals surface area contributed by atoms with Gasteiger partial charge in [0.2, 0.25) is 5.91 Å². The molecular formula is C22H24N2O4. The molecule has 0 aliphatic heterocycles. The summed E-state index contributed by atoms with van der Waals surface area (Å²) in [6.07, 6.45) is 2.86. The van der Waals surface area contributed by atoms with Crippen LogP contribution in [-0.2, 0) is 27.4 Å². The van der Waals surface area contributed by atoms with E-state index in [1.165, 1.54) is 7.11 Å². The van der Waals surface area contributed by atoms with Gasteiger partial charge < -0.3 is 19.8 Å². The third-order valence-electron chi connectivity index (χ3n) is 4.50. The molecule has 1 amide bonds. The molecule has 3 aromatic rings. The van der Waals surface area contributed by atoms with Crippen LogP contribution in [0.5, 0.6) is 5.75 Å². The average Bonchev–Trinajstić information content (AvgIpc) is 3.15. The van der Waals surface area contributed by atoms with E-state index >= 15 is 0 Å². The van der Waals surface area contributed by atoms with Crippen molar-refractivity contribution < 1.29 is 19.1 Å². The summed E-state index contributed by atoms with van der Waals surface area (Å²) < 4.78 is 10.5. The van der Waals surface area contributed by atoms with E-state index in [9.17, 15) is 9.59 Å². The highest BCUT2D eigenvalue weighted by molar-refractivity contribution is 5.88. The van der Waals surface area contributed by atoms with Crippen LogP contribution in [0.4, 0.5) is 0 Å². The number of hydrogen-bond acceptors (Lipinski definition) is 4. The number of fused-ring (bicyclic) bond motifs is 1. The molecule has 0 aliphatic rings. The predicted octanol–water partition coefficient (Wildman–Crippen LogP) is 3.36. The fourth-order valence-corrected chi connectivity index (χ4v) is 2.99. The van der Waals surface area contributed by atoms with Crippen LogP contribution in [0.1, 0.15) is 24.0 Å². The first kappa shape index (κ1) is 19.5. The van der Waals surface area contributed by atoms with E-state index in [0.717, 1.165) is 27.8 Å². The molecule has 2 N–H and O–H groups in total. The number of aromatic nitrogens is 1. The molecule has 2 aromatic carbocycles. The molecule has 28 heavy (non-hydrogen) atoms. The van der Waals surface area contributed by atoms with E-state index in [4.69, 9.17) is 4.74 Å². The molecule has 1 heterocycles. The molecular weight excluding hydrogens is 356 g/mol. The second-order valence-corrected chi connectivity index (χ2v) is 6.44. The Morgan fingerprint density at radius 2 is 1.86 bits per heavy atom. The van der Waals surface area contributed by atoms with Gasteiger partial charge in [0.05, 0.1) is 19.0 Å². The number of nitrogens with one attached hydrogen (secondary N) is 2. The molecule has 0 radical (unpaired) electrons. The van der Waals surface area contributed by atoms with Gasteiger partial charge in [-0.05, 0) is 23.6 Å². The standard InChI is InChI=1S/C22H24N2O4/c1-27-21(26)11-10-20(25)23-13-12-17-14-24-22-18(17)8-5-9-19(22)28-15-16-6-3-2-4-7-16/h2-9,14,24H,10-13,15H2,1H3,(H,23,25). The lowest BCUT2D eigenvalue weighted by atomic mass is 10.1. The molecule has 0 saturated carbocycles. The zero-order valence-corrected chi connectivity index (χ0v) is 15.9. The summed E-state index contributed by atoms with van der Waals surface area (Å²) >= 11 is 0. The van der Waals surface area contributed by atoms with Crippen molar-refractivity contribution in [3.63, 3.8) is 0 Å². The van der Waals surface area contributed by atoms with Crippen LogP contribution in [0.2, 0.25) is 0 Å². The van der Waals surface area contributed by atoms with Gasteiger partial charge in [-0.3, -0.25) is 9.59 Å². The van der Waals surface area contributed by atoms with Gasteiger partial charge in [0, 0.05) is 24.5 Å². The van der Waals surface area contributed by atoms with Gasteiger partial charge in [-0.15, -0.1) is 0 Å². The van der Waals surface area contributed by atoms with Crippen molar-refractivity contribution in [1.29, 1.82) is 0 Å². The van der Waals surface area contributed by atoms with Crippen molar-refractivity contribution in [2.24, 2.45) is 0 Å². The summed E-state index contributed by atoms with van der Waals surface area (Å²) in [5.41, 5.74) is 3.17. The normalized spacial score (nSPS) is 10.6. The number of aromatic amines is 1. The number of rotatable bonds is 9. The van der Waals surface area contributed by atoms with Crippen LogP contribution in [0.25, 0.3) is 10.9 Å². The topological polar surface area (TPSA) is 80.4 Å². The number of H-pyrrole nitrogens is 1. The summed E-state index contributed by atoms with van der Waals surface area (Å²) in [7, 11) is 1.31. The molecule has 0 unspecified atom stereocenters. The molecule has 1 aromatic heterocycles. The largest absolute Gasteiger partial charge is 0.487 e. The van der Waals surface area contributed by atoms with E-state index in [2.05, 4.69) is 15.0 Å². The van der Waals surface area contributed by atoms with Gasteiger partial charge in [0.15, 0.2) is 0 Å². The Balaban J connectivity index is 1.56. The fraction of sp³-hybridized carbons (Fsp3) is 0.273. The molecule has 0 saturated heterocycles. The quantitative estimate of drug-likeness (QED) is 0.558. The number of para-hydroxylation sites is 1. The third kappa shape index (κ3) is 5.13. The minimum Gasteiger partial charge on any atom is -0.487 e. The summed E-state index contributed by atoms with van der Waals surface area (Å²) in [5.74, 6) is 0.265. The SMILES string of the molecule is COC(=O)CCC(=O)NCCc1c[nH]c2c(OCc3ccccc3)cccc12. The number of esters is 1. The Bertz CT molecular complexity index is 934. The summed E-state index contributed by atoms with van der Waals surface area (Å²) in [5, 5.41) is 3.91. The van der Waals surface area contributed by atoms with Crippen molar-refractivity contribution in [3.05, 3.63) is 65.9 Å². The van der Waals surface area contributed by atoms with Crippen LogP contribution in [0.3, 0.4) is 0 Å². The minimum atomic E-state index is -0.380. The first-order valence-corrected chi connectivity index (χ1v) is 9.26. The molecule has 0 spiro atoms. The van der Waals surface area contributed by atoms with E-state index in [1.807, 2.05) is 54.7 Å². The van der Waals surface area contributed by atoms with E-state index in [0.29, 0.717) is 19.6 Å². The van der Waals surface area contributed by atoms with Crippen LogP contribution in [0, 0.1) is 0 Å². The smallest absolute Gasteiger partial charge is 0.306 e. The summed E-state index contributed by atoms with van der Waals surface area (Å²) in [4.78, 5) is 26.1. The molecule has 3 rings (SSSR count). The van der Waals surface area contributed by atoms with Crippen LogP contribution < -0.4 is 10.1 Å². The molecule has 0 aliphatic carbocycles. The number of methoxy groups -OCH3 is 1. The molecule has 0 bridgehead atoms. The zero-order valence-electron chi connectivity index (χ0n) is 15.9. The van der Waals surface area contributed by atoms with Crippen LogP contribution in [-0.4, -0.2) is 30.5 Å². The van der Waals surface area contributed by atoms with Crippen LogP contribution >= 0.6 is 0 Å². The average molecular weight is 380 g/mol. The Morgan fingerprint density at radius 1 is 1.04 bits per heavy atom. The molecule has 6 nitrogen and oxygen atoms in total. The maximum absolute atomic E-state index is 11.8. The first-order chi connectivity index (χ1) is 13.7. The number of hydrogen-bond donors (Lipinski definition) is 2. The maximum atomic E-state index is 11.8. The summed E-state index contributed by atoms with van der Waals surface area (Å²) in [6.45, 7) is 1.01. The lowest BCUT2D eigenvalue weighted by Gasteiger charge is -2.08. The second-order valence-electron chi connectivity index (χ2n) is 6.44. The molecule has 0 fully saturated rings. The summed E-state index contributed by atoms with van der Waals surface area (Å²) in [6, 6.07) is 16.0. The highest BCUT2D eigenvalue weighted by Gasteiger charge is 2.10. The number of ether oxygens (including phenoxy) is 2. The van der Waals surface area contributed by atoms with Gasteiger partial charge in [-0.25, -0.2) is 0 Å². The van der Waals surface area contributed by atoms with Gasteiger partial charge in [-0.1, -0.05) is 42.5 Å². The maximum Gasteiger partial charge on any atom is 0.306 e. The number of benzene rings is 2. The van der Waals surface area contributed by atoms with E-state index in [-0.39, 0.29) is 24.7 Å². The van der Waals surface area contributed by atoms with Crippen molar-refractivity contribution >= 4 is 22.8 Å². The van der Waals surface area contributed by atoms with Gasteiger partial charge >= 0.3 is 5.97 Å². The number of carbonyl (C=O) groups excluding carboxylic acids is 2. The minimum absolute atomic E-state index is 0.0948. The van der Waals surface area contributed by atoms with E-state index < -0.39 is 0 Å². The van der Waals surface area contributed by atoms with Crippen molar-refractivity contribution in [2.45, 2.75) is 25.9 Å². The van der Waals surface area contributed by atoms with Crippen molar-refractivity contribution in [3.8, 4) is 5.75 Å². The Kier molecular flexibility index (Phi) is 6.68. The van der Waals surface area contributed by atoms with Gasteiger partial charge in [-0.2, -0.15) is 0 Å². The van der Waals surface area contributed by atoms with E-state index in [1.54, 1.807) is 0 Å². The van der Waals surface area contributed by atoms with Crippen LogP contribution in [0.15, 0.2) is 54.7 Å². The highest BCUT2D eigenvalue weighted by atomic mass is 16.5. The Morgan fingerprint density at radius 3 is 2.64 bits per heavy atom. The Labute approximate surface area is 163 Å². The molecule has 0 atom stereocenters. The predicted molar refractivity (Wildman–Crippen MR) is 107 cm³/mol. The Hall–Kier alpha value is -3.28. The lowest BCUT2D eigenvalue weighted by molar-refractivity contribution is -0.142. The van der Waals surface area contributed by atoms with Gasteiger partial charge in [0.25, 0.3) is 0 Å². The lowest BCUT2D eigenvalue weighted by Crippen LogP contribution is -2.26. The highest BCUT2D eigenvalue weighted by Crippen LogP contribution is 2.28. The molecule has 146 valence electrons. The monoisotopic (exact) mass is 380 g/mol. The second kappa shape index (κ2) is 9.60. The fourth-order valence-electron chi connectivity index (χ4n) is 2.99.